The van der Waals surface area contributed by atoms with Gasteiger partial charge in [0.15, 0.2) is 0 Å². The van der Waals surface area contributed by atoms with Gasteiger partial charge in [-0.2, -0.15) is 5.10 Å². The third-order valence-corrected chi connectivity index (χ3v) is 6.14. The third kappa shape index (κ3) is 5.60. The van der Waals surface area contributed by atoms with Crippen molar-refractivity contribution in [1.29, 1.82) is 0 Å². The molecule has 37 heavy (non-hydrogen) atoms. The Kier molecular flexibility index (Phi) is 6.83. The predicted octanol–water partition coefficient (Wildman–Crippen LogP) is 6.48. The van der Waals surface area contributed by atoms with Crippen molar-refractivity contribution in [3.63, 3.8) is 0 Å². The van der Waals surface area contributed by atoms with E-state index in [1.54, 1.807) is 41.3 Å². The SMILES string of the molecule is O=C(Nc1cnn(Cc2cccc3ccccc23)c1)c1ccc(COc2ccc([N+](=O)[O-])cc2Cl)cc1. The molecule has 0 aliphatic carbocycles. The van der Waals surface area contributed by atoms with Gasteiger partial charge in [0, 0.05) is 23.9 Å². The van der Waals surface area contributed by atoms with Gasteiger partial charge < -0.3 is 10.1 Å². The predicted molar refractivity (Wildman–Crippen MR) is 142 cm³/mol. The van der Waals surface area contributed by atoms with Crippen molar-refractivity contribution in [2.24, 2.45) is 0 Å². The highest BCUT2D eigenvalue weighted by Crippen LogP contribution is 2.29. The van der Waals surface area contributed by atoms with Crippen molar-refractivity contribution >= 4 is 39.7 Å². The lowest BCUT2D eigenvalue weighted by Crippen LogP contribution is -2.11. The number of fused-ring (bicyclic) bond motifs is 1. The molecule has 0 saturated carbocycles. The van der Waals surface area contributed by atoms with Crippen molar-refractivity contribution in [3.8, 4) is 5.75 Å². The summed E-state index contributed by atoms with van der Waals surface area (Å²) in [5.41, 5.74) is 2.94. The van der Waals surface area contributed by atoms with Crippen molar-refractivity contribution in [2.75, 3.05) is 5.32 Å². The number of nitro benzene ring substituents is 1. The van der Waals surface area contributed by atoms with Gasteiger partial charge in [0.25, 0.3) is 11.6 Å². The lowest BCUT2D eigenvalue weighted by molar-refractivity contribution is -0.384. The fourth-order valence-corrected chi connectivity index (χ4v) is 4.19. The van der Waals surface area contributed by atoms with Crippen molar-refractivity contribution < 1.29 is 14.5 Å². The van der Waals surface area contributed by atoms with Crippen LogP contribution in [0.5, 0.6) is 5.75 Å². The Labute approximate surface area is 217 Å². The second kappa shape index (κ2) is 10.5. The summed E-state index contributed by atoms with van der Waals surface area (Å²) in [7, 11) is 0. The number of ether oxygens (including phenoxy) is 1. The Morgan fingerprint density at radius 2 is 1.81 bits per heavy atom. The van der Waals surface area contributed by atoms with Crippen LogP contribution in [0.1, 0.15) is 21.5 Å². The summed E-state index contributed by atoms with van der Waals surface area (Å²) in [5.74, 6) is 0.0881. The molecule has 4 aromatic carbocycles. The van der Waals surface area contributed by atoms with Crippen LogP contribution in [0.4, 0.5) is 11.4 Å². The number of carbonyl (C=O) groups excluding carboxylic acids is 1. The zero-order chi connectivity index (χ0) is 25.8. The molecule has 5 rings (SSSR count). The molecule has 1 aromatic heterocycles. The lowest BCUT2D eigenvalue weighted by Gasteiger charge is -2.09. The number of nitro groups is 1. The van der Waals surface area contributed by atoms with Gasteiger partial charge in [0.1, 0.15) is 12.4 Å². The standard InChI is InChI=1S/C28H21ClN4O4/c29-26-14-24(33(35)36)12-13-27(26)37-18-19-8-10-21(11-9-19)28(34)31-23-15-30-32(17-23)16-22-6-3-5-20-4-1-2-7-25(20)22/h1-15,17H,16,18H2,(H,31,34). The second-order valence-corrected chi connectivity index (χ2v) is 8.78. The molecule has 5 aromatic rings. The Morgan fingerprint density at radius 1 is 1.03 bits per heavy atom. The van der Waals surface area contributed by atoms with Crippen LogP contribution < -0.4 is 10.1 Å². The van der Waals surface area contributed by atoms with Gasteiger partial charge in [-0.05, 0) is 40.1 Å². The minimum Gasteiger partial charge on any atom is -0.487 e. The zero-order valence-electron chi connectivity index (χ0n) is 19.5. The van der Waals surface area contributed by atoms with Crippen LogP contribution in [-0.4, -0.2) is 20.6 Å². The minimum atomic E-state index is -0.518. The number of nitrogens with zero attached hydrogens (tertiary/aromatic N) is 3. The summed E-state index contributed by atoms with van der Waals surface area (Å²) >= 11 is 6.07. The van der Waals surface area contributed by atoms with Gasteiger partial charge in [-0.1, -0.05) is 66.2 Å². The van der Waals surface area contributed by atoms with E-state index in [1.807, 2.05) is 18.2 Å². The van der Waals surface area contributed by atoms with Gasteiger partial charge in [0.05, 0.1) is 28.4 Å². The monoisotopic (exact) mass is 512 g/mol. The number of carbonyl (C=O) groups is 1. The topological polar surface area (TPSA) is 99.3 Å². The Hall–Kier alpha value is -4.69. The maximum Gasteiger partial charge on any atom is 0.271 e. The third-order valence-electron chi connectivity index (χ3n) is 5.84. The maximum atomic E-state index is 12.7. The Bertz CT molecular complexity index is 1590. The summed E-state index contributed by atoms with van der Waals surface area (Å²) in [6.07, 6.45) is 3.43. The quantitative estimate of drug-likeness (QED) is 0.189. The molecule has 8 nitrogen and oxygen atoms in total. The molecule has 0 spiro atoms. The van der Waals surface area contributed by atoms with Gasteiger partial charge in [-0.25, -0.2) is 0 Å². The normalized spacial score (nSPS) is 10.8. The first-order valence-corrected chi connectivity index (χ1v) is 11.8. The highest BCUT2D eigenvalue weighted by Gasteiger charge is 2.12. The number of amides is 1. The van der Waals surface area contributed by atoms with Gasteiger partial charge in [-0.15, -0.1) is 0 Å². The molecule has 9 heteroatoms. The highest BCUT2D eigenvalue weighted by atomic mass is 35.5. The van der Waals surface area contributed by atoms with Crippen LogP contribution >= 0.6 is 11.6 Å². The maximum absolute atomic E-state index is 12.7. The number of halogens is 1. The molecule has 0 atom stereocenters. The average Bonchev–Trinajstić information content (AvgIpc) is 3.35. The number of nitrogens with one attached hydrogen (secondary N) is 1. The number of rotatable bonds is 8. The van der Waals surface area contributed by atoms with Crippen LogP contribution in [-0.2, 0) is 13.2 Å². The van der Waals surface area contributed by atoms with E-state index in [4.69, 9.17) is 16.3 Å². The number of hydrogen-bond acceptors (Lipinski definition) is 5. The molecular weight excluding hydrogens is 492 g/mol. The smallest absolute Gasteiger partial charge is 0.271 e. The molecule has 1 heterocycles. The first-order valence-electron chi connectivity index (χ1n) is 11.4. The molecule has 184 valence electrons. The van der Waals surface area contributed by atoms with E-state index >= 15 is 0 Å². The Morgan fingerprint density at radius 3 is 2.59 bits per heavy atom. The summed E-state index contributed by atoms with van der Waals surface area (Å²) < 4.78 is 7.46. The second-order valence-electron chi connectivity index (χ2n) is 8.38. The molecular formula is C28H21ClN4O4. The van der Waals surface area contributed by atoms with Gasteiger partial charge in [0.2, 0.25) is 0 Å². The minimum absolute atomic E-state index is 0.105. The van der Waals surface area contributed by atoms with Crippen LogP contribution in [0, 0.1) is 10.1 Å². The van der Waals surface area contributed by atoms with Crippen LogP contribution in [0.25, 0.3) is 10.8 Å². The summed E-state index contributed by atoms with van der Waals surface area (Å²) in [5, 5.41) is 20.6. The number of hydrogen-bond donors (Lipinski definition) is 1. The lowest BCUT2D eigenvalue weighted by atomic mass is 10.0. The van der Waals surface area contributed by atoms with Crippen molar-refractivity contribution in [2.45, 2.75) is 13.2 Å². The van der Waals surface area contributed by atoms with E-state index in [2.05, 4.69) is 34.7 Å². The fourth-order valence-electron chi connectivity index (χ4n) is 3.96. The van der Waals surface area contributed by atoms with Gasteiger partial charge >= 0.3 is 0 Å². The average molecular weight is 513 g/mol. The van der Waals surface area contributed by atoms with Gasteiger partial charge in [-0.3, -0.25) is 19.6 Å². The molecule has 0 unspecified atom stereocenters. The van der Waals surface area contributed by atoms with E-state index in [9.17, 15) is 14.9 Å². The highest BCUT2D eigenvalue weighted by molar-refractivity contribution is 6.32. The molecule has 0 radical (unpaired) electrons. The fraction of sp³-hybridized carbons (Fsp3) is 0.0714. The van der Waals surface area contributed by atoms with E-state index in [0.717, 1.165) is 11.1 Å². The molecule has 1 N–H and O–H groups in total. The van der Waals surface area contributed by atoms with Crippen LogP contribution in [0.15, 0.2) is 97.3 Å². The first-order chi connectivity index (χ1) is 18.0. The number of non-ortho nitro benzene ring substituents is 1. The first kappa shape index (κ1) is 24.0. The molecule has 1 amide bonds. The Balaban J connectivity index is 1.19. The number of anilines is 1. The van der Waals surface area contributed by atoms with E-state index in [1.165, 1.54) is 29.0 Å². The summed E-state index contributed by atoms with van der Waals surface area (Å²) in [6, 6.07) is 25.4. The zero-order valence-corrected chi connectivity index (χ0v) is 20.3. The number of aromatic nitrogens is 2. The van der Waals surface area contributed by atoms with Crippen molar-refractivity contribution in [1.82, 2.24) is 9.78 Å². The van der Waals surface area contributed by atoms with Crippen LogP contribution in [0.2, 0.25) is 5.02 Å². The van der Waals surface area contributed by atoms with E-state index in [0.29, 0.717) is 23.5 Å². The van der Waals surface area contributed by atoms with E-state index in [-0.39, 0.29) is 23.2 Å². The molecule has 0 saturated heterocycles. The molecule has 0 bridgehead atoms. The molecule has 0 aliphatic heterocycles. The molecule has 0 aliphatic rings. The largest absolute Gasteiger partial charge is 0.487 e. The number of benzene rings is 4. The van der Waals surface area contributed by atoms with E-state index < -0.39 is 4.92 Å². The molecule has 0 fully saturated rings. The van der Waals surface area contributed by atoms with Crippen LogP contribution in [0.3, 0.4) is 0 Å². The van der Waals surface area contributed by atoms with Crippen molar-refractivity contribution in [3.05, 3.63) is 129 Å². The summed E-state index contributed by atoms with van der Waals surface area (Å²) in [6.45, 7) is 0.783. The summed E-state index contributed by atoms with van der Waals surface area (Å²) in [4.78, 5) is 23.0.